The fourth-order valence-electron chi connectivity index (χ4n) is 1.85. The fourth-order valence-corrected chi connectivity index (χ4v) is 2.22. The minimum atomic E-state index is -0.592. The Balaban J connectivity index is 1.84. The van der Waals surface area contributed by atoms with Crippen molar-refractivity contribution in [2.75, 3.05) is 12.1 Å². The molecule has 0 fully saturated rings. The van der Waals surface area contributed by atoms with Gasteiger partial charge in [0.05, 0.1) is 10.0 Å². The molecule has 1 aliphatic heterocycles. The van der Waals surface area contributed by atoms with E-state index in [1.165, 1.54) is 12.1 Å². The second kappa shape index (κ2) is 5.13. The monoisotopic (exact) mass is 337 g/mol. The molecule has 1 heterocycles. The number of hydrogen-bond acceptors (Lipinski definition) is 3. The van der Waals surface area contributed by atoms with Gasteiger partial charge < -0.3 is 14.8 Å². The molecule has 0 radical (unpaired) electrons. The molecule has 0 atom stereocenters. The van der Waals surface area contributed by atoms with Gasteiger partial charge in [-0.25, -0.2) is 4.39 Å². The van der Waals surface area contributed by atoms with Crippen LogP contribution in [0.1, 0.15) is 10.4 Å². The van der Waals surface area contributed by atoms with E-state index in [-0.39, 0.29) is 16.8 Å². The van der Waals surface area contributed by atoms with Gasteiger partial charge in [-0.3, -0.25) is 4.79 Å². The summed E-state index contributed by atoms with van der Waals surface area (Å²) in [5.41, 5.74) is 0.482. The summed E-state index contributed by atoms with van der Waals surface area (Å²) in [7, 11) is 0. The van der Waals surface area contributed by atoms with Crippen LogP contribution in [0.4, 0.5) is 10.1 Å². The maximum atomic E-state index is 13.8. The van der Waals surface area contributed by atoms with E-state index < -0.39 is 11.7 Å². The first-order valence-corrected chi connectivity index (χ1v) is 6.59. The molecule has 0 saturated carbocycles. The standard InChI is InChI=1S/C14H9BrFNO3/c15-10-3-1-2-9(13(10)16)14(18)17-8-4-5-11-12(6-8)20-7-19-11/h1-6H,7H2,(H,17,18). The van der Waals surface area contributed by atoms with E-state index >= 15 is 0 Å². The first kappa shape index (κ1) is 12.9. The molecule has 6 heteroatoms. The number of fused-ring (bicyclic) bond motifs is 1. The number of rotatable bonds is 2. The summed E-state index contributed by atoms with van der Waals surface area (Å²) in [4.78, 5) is 12.0. The van der Waals surface area contributed by atoms with Crippen LogP contribution in [-0.2, 0) is 0 Å². The zero-order chi connectivity index (χ0) is 14.1. The van der Waals surface area contributed by atoms with Gasteiger partial charge in [0, 0.05) is 11.8 Å². The lowest BCUT2D eigenvalue weighted by molar-refractivity contribution is 0.102. The Morgan fingerprint density at radius 3 is 2.85 bits per heavy atom. The van der Waals surface area contributed by atoms with Crippen LogP contribution in [-0.4, -0.2) is 12.7 Å². The molecule has 0 saturated heterocycles. The highest BCUT2D eigenvalue weighted by Crippen LogP contribution is 2.34. The lowest BCUT2D eigenvalue weighted by atomic mass is 10.2. The molecule has 1 N–H and O–H groups in total. The van der Waals surface area contributed by atoms with E-state index in [1.807, 2.05) is 0 Å². The van der Waals surface area contributed by atoms with Crippen LogP contribution in [0, 0.1) is 5.82 Å². The van der Waals surface area contributed by atoms with Crippen LogP contribution in [0.3, 0.4) is 0 Å². The molecule has 4 nitrogen and oxygen atoms in total. The predicted octanol–water partition coefficient (Wildman–Crippen LogP) is 3.57. The molecular weight excluding hydrogens is 329 g/mol. The molecule has 102 valence electrons. The maximum absolute atomic E-state index is 13.8. The van der Waals surface area contributed by atoms with Crippen LogP contribution in [0.15, 0.2) is 40.9 Å². The molecule has 1 aliphatic rings. The van der Waals surface area contributed by atoms with Gasteiger partial charge in [0.15, 0.2) is 11.5 Å². The normalized spacial score (nSPS) is 12.3. The van der Waals surface area contributed by atoms with Crippen molar-refractivity contribution in [2.24, 2.45) is 0 Å². The van der Waals surface area contributed by atoms with Crippen LogP contribution in [0.2, 0.25) is 0 Å². The number of benzene rings is 2. The molecule has 0 unspecified atom stereocenters. The number of ether oxygens (including phenoxy) is 2. The van der Waals surface area contributed by atoms with Gasteiger partial charge in [0.2, 0.25) is 6.79 Å². The Morgan fingerprint density at radius 2 is 2.00 bits per heavy atom. The molecule has 0 spiro atoms. The lowest BCUT2D eigenvalue weighted by Crippen LogP contribution is -2.13. The summed E-state index contributed by atoms with van der Waals surface area (Å²) < 4.78 is 24.5. The topological polar surface area (TPSA) is 47.6 Å². The largest absolute Gasteiger partial charge is 0.454 e. The molecule has 3 rings (SSSR count). The average Bonchev–Trinajstić information content (AvgIpc) is 2.89. The average molecular weight is 338 g/mol. The van der Waals surface area contributed by atoms with E-state index in [0.717, 1.165) is 0 Å². The minimum absolute atomic E-state index is 0.0305. The van der Waals surface area contributed by atoms with Crippen molar-refractivity contribution >= 4 is 27.5 Å². The van der Waals surface area contributed by atoms with E-state index in [0.29, 0.717) is 17.2 Å². The number of carbonyl (C=O) groups is 1. The minimum Gasteiger partial charge on any atom is -0.454 e. The highest BCUT2D eigenvalue weighted by molar-refractivity contribution is 9.10. The maximum Gasteiger partial charge on any atom is 0.258 e. The van der Waals surface area contributed by atoms with Crippen LogP contribution < -0.4 is 14.8 Å². The van der Waals surface area contributed by atoms with Gasteiger partial charge in [-0.15, -0.1) is 0 Å². The third-order valence-electron chi connectivity index (χ3n) is 2.83. The third-order valence-corrected chi connectivity index (χ3v) is 3.44. The predicted molar refractivity (Wildman–Crippen MR) is 74.6 cm³/mol. The fraction of sp³-hybridized carbons (Fsp3) is 0.0714. The van der Waals surface area contributed by atoms with Crippen molar-refractivity contribution < 1.29 is 18.7 Å². The second-order valence-electron chi connectivity index (χ2n) is 4.12. The van der Waals surface area contributed by atoms with Crippen molar-refractivity contribution in [1.29, 1.82) is 0 Å². The van der Waals surface area contributed by atoms with E-state index in [9.17, 15) is 9.18 Å². The first-order chi connectivity index (χ1) is 9.65. The number of carbonyl (C=O) groups excluding carboxylic acids is 1. The third kappa shape index (κ3) is 2.34. The molecular formula is C14H9BrFNO3. The summed E-state index contributed by atoms with van der Waals surface area (Å²) in [5, 5.41) is 2.62. The van der Waals surface area contributed by atoms with Crippen LogP contribution >= 0.6 is 15.9 Å². The molecule has 0 bridgehead atoms. The quantitative estimate of drug-likeness (QED) is 0.911. The number of halogens is 2. The Kier molecular flexibility index (Phi) is 3.31. The van der Waals surface area contributed by atoms with E-state index in [2.05, 4.69) is 21.2 Å². The zero-order valence-electron chi connectivity index (χ0n) is 10.2. The van der Waals surface area contributed by atoms with Gasteiger partial charge in [0.1, 0.15) is 5.82 Å². The van der Waals surface area contributed by atoms with Crippen LogP contribution in [0.25, 0.3) is 0 Å². The molecule has 1 amide bonds. The molecule has 20 heavy (non-hydrogen) atoms. The SMILES string of the molecule is O=C(Nc1ccc2c(c1)OCO2)c1cccc(Br)c1F. The van der Waals surface area contributed by atoms with E-state index in [1.54, 1.807) is 24.3 Å². The zero-order valence-corrected chi connectivity index (χ0v) is 11.7. The number of nitrogens with one attached hydrogen (secondary N) is 1. The number of hydrogen-bond donors (Lipinski definition) is 1. The highest BCUT2D eigenvalue weighted by atomic mass is 79.9. The summed E-state index contributed by atoms with van der Waals surface area (Å²) in [6.07, 6.45) is 0. The van der Waals surface area contributed by atoms with Gasteiger partial charge in [-0.05, 0) is 40.2 Å². The Bertz CT molecular complexity index is 690. The number of amides is 1. The van der Waals surface area contributed by atoms with Gasteiger partial charge >= 0.3 is 0 Å². The van der Waals surface area contributed by atoms with Gasteiger partial charge in [-0.1, -0.05) is 6.07 Å². The Hall–Kier alpha value is -2.08. The second-order valence-corrected chi connectivity index (χ2v) is 4.98. The molecule has 2 aromatic rings. The van der Waals surface area contributed by atoms with Crippen LogP contribution in [0.5, 0.6) is 11.5 Å². The van der Waals surface area contributed by atoms with Crippen molar-refractivity contribution in [2.45, 2.75) is 0 Å². The van der Waals surface area contributed by atoms with Crippen molar-refractivity contribution in [3.8, 4) is 11.5 Å². The van der Waals surface area contributed by atoms with Crippen molar-refractivity contribution in [1.82, 2.24) is 0 Å². The summed E-state index contributed by atoms with van der Waals surface area (Å²) >= 11 is 3.05. The van der Waals surface area contributed by atoms with Gasteiger partial charge in [-0.2, -0.15) is 0 Å². The number of anilines is 1. The first-order valence-electron chi connectivity index (χ1n) is 5.80. The Morgan fingerprint density at radius 1 is 1.20 bits per heavy atom. The molecule has 0 aromatic heterocycles. The smallest absolute Gasteiger partial charge is 0.258 e. The molecule has 0 aliphatic carbocycles. The lowest BCUT2D eigenvalue weighted by Gasteiger charge is -2.07. The summed E-state index contributed by atoms with van der Waals surface area (Å²) in [6, 6.07) is 9.55. The van der Waals surface area contributed by atoms with Gasteiger partial charge in [0.25, 0.3) is 5.91 Å². The molecule has 2 aromatic carbocycles. The van der Waals surface area contributed by atoms with Crippen molar-refractivity contribution in [3.05, 3.63) is 52.3 Å². The summed E-state index contributed by atoms with van der Waals surface area (Å²) in [5.74, 6) is 0.0579. The van der Waals surface area contributed by atoms with Crippen molar-refractivity contribution in [3.63, 3.8) is 0 Å². The van der Waals surface area contributed by atoms with E-state index in [4.69, 9.17) is 9.47 Å². The Labute approximate surface area is 122 Å². The summed E-state index contributed by atoms with van der Waals surface area (Å²) in [6.45, 7) is 0.160. The highest BCUT2D eigenvalue weighted by Gasteiger charge is 2.17.